The van der Waals surface area contributed by atoms with Gasteiger partial charge in [0.1, 0.15) is 0 Å². The van der Waals surface area contributed by atoms with E-state index >= 15 is 0 Å². The molecule has 0 saturated carbocycles. The van der Waals surface area contributed by atoms with Crippen LogP contribution in [0.2, 0.25) is 0 Å². The Hall–Kier alpha value is -2.84. The van der Waals surface area contributed by atoms with Gasteiger partial charge in [0.05, 0.1) is 0 Å². The Kier molecular flexibility index (Phi) is 3.65. The molecule has 5 aromatic rings. The highest BCUT2D eigenvalue weighted by Crippen LogP contribution is 2.31. The normalized spacial score (nSPS) is 11.3. The number of aromatic amines is 1. The number of nitrogens with one attached hydrogen (secondary N) is 1. The molecule has 0 aliphatic carbocycles. The summed E-state index contributed by atoms with van der Waals surface area (Å²) in [4.78, 5) is 3.67. The van der Waals surface area contributed by atoms with E-state index in [1.54, 1.807) is 0 Å². The Balaban J connectivity index is 2.26. The molecule has 1 heterocycles. The topological polar surface area (TPSA) is 15.8 Å². The van der Waals surface area contributed by atoms with Crippen LogP contribution in [-0.2, 0) is 0 Å². The lowest BCUT2D eigenvalue weighted by Crippen LogP contribution is -1.78. The summed E-state index contributed by atoms with van der Waals surface area (Å²) in [6.45, 7) is 0. The fourth-order valence-corrected chi connectivity index (χ4v) is 4.09. The van der Waals surface area contributed by atoms with Crippen molar-refractivity contribution in [3.05, 3.63) is 95.5 Å². The number of para-hydroxylation sites is 1. The molecule has 0 aliphatic heterocycles. The number of halogens is 1. The van der Waals surface area contributed by atoms with E-state index in [0.29, 0.717) is 0 Å². The van der Waals surface area contributed by atoms with Gasteiger partial charge in [-0.25, -0.2) is 0 Å². The second-order valence-corrected chi connectivity index (χ2v) is 7.37. The third kappa shape index (κ3) is 2.46. The fourth-order valence-electron chi connectivity index (χ4n) is 3.73. The lowest BCUT2D eigenvalue weighted by molar-refractivity contribution is 1.51. The SMILES string of the molecule is Brc1ccc2[nH]c3ccccc3c3ccccc3c3ccccc3c2c1. The Bertz CT molecular complexity index is 1350. The monoisotopic (exact) mass is 397 g/mol. The number of rotatable bonds is 0. The average Bonchev–Trinajstić information content (AvgIpc) is 2.74. The van der Waals surface area contributed by atoms with Gasteiger partial charge in [0.2, 0.25) is 0 Å². The van der Waals surface area contributed by atoms with Gasteiger partial charge in [0.15, 0.2) is 0 Å². The summed E-state index contributed by atoms with van der Waals surface area (Å²) >= 11 is 3.64. The molecule has 0 unspecified atom stereocenters. The standard InChI is InChI=1S/C24H16BrN/c25-16-13-14-24-22(15-16)20-10-4-2-8-18(20)17-7-1-3-9-19(17)21-11-5-6-12-23(21)26-24/h1-15,26H. The Labute approximate surface area is 159 Å². The van der Waals surface area contributed by atoms with E-state index in [2.05, 4.69) is 112 Å². The van der Waals surface area contributed by atoms with Gasteiger partial charge < -0.3 is 4.98 Å². The molecule has 1 nitrogen and oxygen atoms in total. The van der Waals surface area contributed by atoms with Gasteiger partial charge in [-0.2, -0.15) is 0 Å². The second-order valence-electron chi connectivity index (χ2n) is 6.45. The van der Waals surface area contributed by atoms with Gasteiger partial charge in [-0.1, -0.05) is 82.7 Å². The molecule has 124 valence electrons. The molecule has 26 heavy (non-hydrogen) atoms. The van der Waals surface area contributed by atoms with Crippen LogP contribution in [-0.4, -0.2) is 4.98 Å². The van der Waals surface area contributed by atoms with Crippen molar-refractivity contribution in [2.75, 3.05) is 0 Å². The number of aromatic nitrogens is 1. The molecule has 1 N–H and O–H groups in total. The smallest absolute Gasteiger partial charge is 0.0465 e. The van der Waals surface area contributed by atoms with Crippen LogP contribution in [0.4, 0.5) is 0 Å². The van der Waals surface area contributed by atoms with Gasteiger partial charge in [-0.3, -0.25) is 0 Å². The Morgan fingerprint density at radius 2 is 0.923 bits per heavy atom. The first-order chi connectivity index (χ1) is 12.8. The van der Waals surface area contributed by atoms with Gasteiger partial charge in [-0.15, -0.1) is 0 Å². The van der Waals surface area contributed by atoms with Crippen molar-refractivity contribution in [3.8, 4) is 0 Å². The lowest BCUT2D eigenvalue weighted by Gasteiger charge is -2.02. The maximum atomic E-state index is 3.67. The molecule has 0 radical (unpaired) electrons. The zero-order chi connectivity index (χ0) is 17.5. The zero-order valence-corrected chi connectivity index (χ0v) is 15.6. The van der Waals surface area contributed by atoms with E-state index in [1.165, 1.54) is 32.3 Å². The number of benzene rings is 4. The molecule has 1 aromatic heterocycles. The zero-order valence-electron chi connectivity index (χ0n) is 14.0. The molecule has 0 bridgehead atoms. The van der Waals surface area contributed by atoms with Gasteiger partial charge >= 0.3 is 0 Å². The van der Waals surface area contributed by atoms with Crippen molar-refractivity contribution in [2.45, 2.75) is 0 Å². The first-order valence-electron chi connectivity index (χ1n) is 8.66. The van der Waals surface area contributed by atoms with E-state index in [-0.39, 0.29) is 0 Å². The molecule has 0 saturated heterocycles. The fraction of sp³-hybridized carbons (Fsp3) is 0. The lowest BCUT2D eigenvalue weighted by atomic mass is 10.0. The molecule has 0 atom stereocenters. The van der Waals surface area contributed by atoms with Crippen LogP contribution < -0.4 is 0 Å². The predicted molar refractivity (Wildman–Crippen MR) is 116 cm³/mol. The van der Waals surface area contributed by atoms with Crippen LogP contribution in [0.3, 0.4) is 0 Å². The van der Waals surface area contributed by atoms with E-state index in [4.69, 9.17) is 0 Å². The van der Waals surface area contributed by atoms with Gasteiger partial charge in [-0.05, 0) is 45.8 Å². The van der Waals surface area contributed by atoms with Crippen LogP contribution in [0.1, 0.15) is 0 Å². The minimum atomic E-state index is 1.08. The van der Waals surface area contributed by atoms with E-state index in [0.717, 1.165) is 15.5 Å². The second kappa shape index (κ2) is 6.15. The van der Waals surface area contributed by atoms with Crippen molar-refractivity contribution >= 4 is 59.3 Å². The maximum Gasteiger partial charge on any atom is 0.0465 e. The molecule has 0 amide bonds. The van der Waals surface area contributed by atoms with Crippen molar-refractivity contribution in [1.29, 1.82) is 0 Å². The molecule has 0 fully saturated rings. The number of H-pyrrole nitrogens is 1. The highest BCUT2D eigenvalue weighted by molar-refractivity contribution is 9.10. The van der Waals surface area contributed by atoms with Crippen LogP contribution in [0.5, 0.6) is 0 Å². The Morgan fingerprint density at radius 1 is 0.462 bits per heavy atom. The summed E-state index contributed by atoms with van der Waals surface area (Å²) in [7, 11) is 0. The van der Waals surface area contributed by atoms with E-state index < -0.39 is 0 Å². The largest absolute Gasteiger partial charge is 0.355 e. The van der Waals surface area contributed by atoms with E-state index in [9.17, 15) is 0 Å². The minimum absolute atomic E-state index is 1.08. The first-order valence-corrected chi connectivity index (χ1v) is 9.45. The molecule has 5 rings (SSSR count). The maximum absolute atomic E-state index is 3.67. The van der Waals surface area contributed by atoms with Crippen LogP contribution in [0.25, 0.3) is 43.4 Å². The van der Waals surface area contributed by atoms with Gasteiger partial charge in [0, 0.05) is 26.3 Å². The van der Waals surface area contributed by atoms with Crippen molar-refractivity contribution < 1.29 is 0 Å². The number of hydrogen-bond donors (Lipinski definition) is 1. The Morgan fingerprint density at radius 3 is 1.58 bits per heavy atom. The summed E-state index contributed by atoms with van der Waals surface area (Å²) in [5.74, 6) is 0. The molecule has 2 heteroatoms. The first kappa shape index (κ1) is 15.4. The summed E-state index contributed by atoms with van der Waals surface area (Å²) in [5.41, 5.74) is 2.23. The molecular weight excluding hydrogens is 382 g/mol. The minimum Gasteiger partial charge on any atom is -0.355 e. The highest BCUT2D eigenvalue weighted by Gasteiger charge is 2.05. The number of fused-ring (bicyclic) bond motifs is 7. The molecule has 0 spiro atoms. The van der Waals surface area contributed by atoms with Crippen LogP contribution in [0.15, 0.2) is 95.5 Å². The van der Waals surface area contributed by atoms with Crippen LogP contribution >= 0.6 is 15.9 Å². The van der Waals surface area contributed by atoms with Crippen molar-refractivity contribution in [1.82, 2.24) is 4.98 Å². The number of hydrogen-bond acceptors (Lipinski definition) is 0. The highest BCUT2D eigenvalue weighted by atomic mass is 79.9. The quantitative estimate of drug-likeness (QED) is 0.278. The average molecular weight is 398 g/mol. The predicted octanol–water partition coefficient (Wildman–Crippen LogP) is 7.51. The van der Waals surface area contributed by atoms with Gasteiger partial charge in [0.25, 0.3) is 0 Å². The van der Waals surface area contributed by atoms with E-state index in [1.807, 2.05) is 0 Å². The van der Waals surface area contributed by atoms with Crippen molar-refractivity contribution in [3.63, 3.8) is 0 Å². The summed E-state index contributed by atoms with van der Waals surface area (Å²) in [5, 5.41) is 7.40. The summed E-state index contributed by atoms with van der Waals surface area (Å²) < 4.78 is 1.08. The molecular formula is C24H16BrN. The third-order valence-electron chi connectivity index (χ3n) is 4.90. The third-order valence-corrected chi connectivity index (χ3v) is 5.40. The van der Waals surface area contributed by atoms with Crippen molar-refractivity contribution in [2.24, 2.45) is 0 Å². The molecule has 0 aliphatic rings. The summed E-state index contributed by atoms with van der Waals surface area (Å²) in [6, 6.07) is 32.2. The summed E-state index contributed by atoms with van der Waals surface area (Å²) in [6.07, 6.45) is 0. The molecule has 4 aromatic carbocycles. The van der Waals surface area contributed by atoms with Crippen LogP contribution in [0, 0.1) is 0 Å².